The topological polar surface area (TPSA) is 85.8 Å². The highest BCUT2D eigenvalue weighted by molar-refractivity contribution is 5.92. The fourth-order valence-electron chi connectivity index (χ4n) is 2.27. The predicted octanol–water partition coefficient (Wildman–Crippen LogP) is 1.47. The van der Waals surface area contributed by atoms with Gasteiger partial charge in [0.05, 0.1) is 29.0 Å². The summed E-state index contributed by atoms with van der Waals surface area (Å²) in [7, 11) is 1.88. The van der Waals surface area contributed by atoms with Crippen LogP contribution in [0.15, 0.2) is 30.9 Å². The van der Waals surface area contributed by atoms with Crippen LogP contribution in [0.1, 0.15) is 29.1 Å². The van der Waals surface area contributed by atoms with E-state index >= 15 is 0 Å². The van der Waals surface area contributed by atoms with Gasteiger partial charge in [0.15, 0.2) is 5.82 Å². The molecule has 7 heteroatoms. The van der Waals surface area contributed by atoms with Gasteiger partial charge in [-0.15, -0.1) is 10.2 Å². The lowest BCUT2D eigenvalue weighted by Gasteiger charge is -2.13. The third-order valence-electron chi connectivity index (χ3n) is 3.36. The van der Waals surface area contributed by atoms with Crippen LogP contribution >= 0.6 is 0 Å². The van der Waals surface area contributed by atoms with Gasteiger partial charge in [0.25, 0.3) is 0 Å². The Labute approximate surface area is 114 Å². The molecule has 0 bridgehead atoms. The molecule has 0 fully saturated rings. The Morgan fingerprint density at radius 3 is 2.80 bits per heavy atom. The Morgan fingerprint density at radius 1 is 1.35 bits per heavy atom. The van der Waals surface area contributed by atoms with Crippen molar-refractivity contribution in [3.05, 3.63) is 42.2 Å². The minimum absolute atomic E-state index is 0.0387. The van der Waals surface area contributed by atoms with Gasteiger partial charge in [-0.2, -0.15) is 0 Å². The molecule has 20 heavy (non-hydrogen) atoms. The molecule has 2 aromatic heterocycles. The van der Waals surface area contributed by atoms with Crippen molar-refractivity contribution in [1.29, 1.82) is 0 Å². The maximum atomic E-state index is 11.0. The van der Waals surface area contributed by atoms with Gasteiger partial charge in [-0.25, -0.2) is 9.78 Å². The van der Waals surface area contributed by atoms with Crippen LogP contribution in [0.3, 0.4) is 0 Å². The molecule has 0 amide bonds. The van der Waals surface area contributed by atoms with E-state index < -0.39 is 5.97 Å². The van der Waals surface area contributed by atoms with Crippen molar-refractivity contribution in [1.82, 2.24) is 24.3 Å². The Kier molecular flexibility index (Phi) is 2.74. The first kappa shape index (κ1) is 12.3. The molecular weight excluding hydrogens is 258 g/mol. The lowest BCUT2D eigenvalue weighted by Crippen LogP contribution is -2.11. The molecular formula is C13H13N5O2. The van der Waals surface area contributed by atoms with Crippen LogP contribution in [0, 0.1) is 0 Å². The van der Waals surface area contributed by atoms with Crippen LogP contribution < -0.4 is 0 Å². The third-order valence-corrected chi connectivity index (χ3v) is 3.36. The first-order chi connectivity index (χ1) is 9.58. The maximum absolute atomic E-state index is 11.0. The molecule has 3 aromatic rings. The quantitative estimate of drug-likeness (QED) is 0.779. The Bertz CT molecular complexity index is 789. The standard InChI is InChI=1S/C13H13N5O2/c1-8(12-16-15-7-17(12)2)18-6-14-10-5-9(13(19)20)3-4-11(10)18/h3-8H,1-2H3,(H,19,20). The Morgan fingerprint density at radius 2 is 2.15 bits per heavy atom. The molecule has 0 saturated carbocycles. The summed E-state index contributed by atoms with van der Waals surface area (Å²) in [5.74, 6) is -0.144. The second kappa shape index (κ2) is 4.44. The number of rotatable bonds is 3. The summed E-state index contributed by atoms with van der Waals surface area (Å²) in [5.41, 5.74) is 1.75. The monoisotopic (exact) mass is 271 g/mol. The van der Waals surface area contributed by atoms with Crippen LogP contribution in [0.4, 0.5) is 0 Å². The second-order valence-electron chi connectivity index (χ2n) is 4.64. The number of fused-ring (bicyclic) bond motifs is 1. The van der Waals surface area contributed by atoms with Gasteiger partial charge in [0.2, 0.25) is 0 Å². The Hall–Kier alpha value is -2.70. The third kappa shape index (κ3) is 1.83. The summed E-state index contributed by atoms with van der Waals surface area (Å²) in [4.78, 5) is 15.2. The van der Waals surface area contributed by atoms with Gasteiger partial charge in [0.1, 0.15) is 6.33 Å². The summed E-state index contributed by atoms with van der Waals surface area (Å²) in [5, 5.41) is 17.0. The van der Waals surface area contributed by atoms with Crippen LogP contribution in [-0.4, -0.2) is 35.4 Å². The van der Waals surface area contributed by atoms with Crippen molar-refractivity contribution in [2.45, 2.75) is 13.0 Å². The zero-order valence-electron chi connectivity index (χ0n) is 11.1. The highest BCUT2D eigenvalue weighted by atomic mass is 16.4. The van der Waals surface area contributed by atoms with Crippen LogP contribution in [0.25, 0.3) is 11.0 Å². The van der Waals surface area contributed by atoms with E-state index in [-0.39, 0.29) is 11.6 Å². The molecule has 0 saturated heterocycles. The van der Waals surface area contributed by atoms with E-state index in [0.29, 0.717) is 5.52 Å². The van der Waals surface area contributed by atoms with Gasteiger partial charge in [-0.1, -0.05) is 0 Å². The Balaban J connectivity index is 2.09. The average Bonchev–Trinajstić information content (AvgIpc) is 3.03. The van der Waals surface area contributed by atoms with Crippen molar-refractivity contribution in [2.75, 3.05) is 0 Å². The number of aromatic nitrogens is 5. The molecule has 0 spiro atoms. The fourth-order valence-corrected chi connectivity index (χ4v) is 2.27. The molecule has 0 radical (unpaired) electrons. The molecule has 1 aromatic carbocycles. The zero-order chi connectivity index (χ0) is 14.3. The van der Waals surface area contributed by atoms with Gasteiger partial charge >= 0.3 is 5.97 Å². The summed E-state index contributed by atoms with van der Waals surface area (Å²) in [6.07, 6.45) is 3.34. The smallest absolute Gasteiger partial charge is 0.335 e. The number of aromatic carboxylic acids is 1. The summed E-state index contributed by atoms with van der Waals surface area (Å²) in [6, 6.07) is 4.87. The number of carboxylic acids is 1. The molecule has 0 aliphatic carbocycles. The normalized spacial score (nSPS) is 12.7. The van der Waals surface area contributed by atoms with Crippen LogP contribution in [0.2, 0.25) is 0 Å². The fraction of sp³-hybridized carbons (Fsp3) is 0.231. The molecule has 1 N–H and O–H groups in total. The second-order valence-corrected chi connectivity index (χ2v) is 4.64. The molecule has 1 unspecified atom stereocenters. The van der Waals surface area contributed by atoms with E-state index in [0.717, 1.165) is 11.3 Å². The van der Waals surface area contributed by atoms with Crippen molar-refractivity contribution in [3.8, 4) is 0 Å². The van der Waals surface area contributed by atoms with Crippen molar-refractivity contribution in [3.63, 3.8) is 0 Å². The number of aryl methyl sites for hydroxylation is 1. The first-order valence-electron chi connectivity index (χ1n) is 6.11. The zero-order valence-corrected chi connectivity index (χ0v) is 11.1. The number of hydrogen-bond donors (Lipinski definition) is 1. The van der Waals surface area contributed by atoms with E-state index in [1.54, 1.807) is 30.9 Å². The summed E-state index contributed by atoms with van der Waals surface area (Å²) in [6.45, 7) is 2.00. The maximum Gasteiger partial charge on any atom is 0.335 e. The molecule has 7 nitrogen and oxygen atoms in total. The number of carboxylic acid groups (broad SMARTS) is 1. The number of imidazole rings is 1. The highest BCUT2D eigenvalue weighted by Gasteiger charge is 2.16. The lowest BCUT2D eigenvalue weighted by molar-refractivity contribution is 0.0697. The van der Waals surface area contributed by atoms with E-state index in [4.69, 9.17) is 5.11 Å². The number of benzene rings is 1. The largest absolute Gasteiger partial charge is 0.478 e. The first-order valence-corrected chi connectivity index (χ1v) is 6.11. The van der Waals surface area contributed by atoms with Crippen LogP contribution in [0.5, 0.6) is 0 Å². The predicted molar refractivity (Wildman–Crippen MR) is 71.5 cm³/mol. The van der Waals surface area contributed by atoms with Crippen molar-refractivity contribution in [2.24, 2.45) is 7.05 Å². The average molecular weight is 271 g/mol. The molecule has 1 atom stereocenters. The number of hydrogen-bond acceptors (Lipinski definition) is 4. The van der Waals surface area contributed by atoms with Gasteiger partial charge in [-0.3, -0.25) is 0 Å². The highest BCUT2D eigenvalue weighted by Crippen LogP contribution is 2.22. The van der Waals surface area contributed by atoms with E-state index in [9.17, 15) is 4.79 Å². The van der Waals surface area contributed by atoms with Gasteiger partial charge in [-0.05, 0) is 25.1 Å². The number of carbonyl (C=O) groups is 1. The molecule has 0 aliphatic heterocycles. The van der Waals surface area contributed by atoms with Gasteiger partial charge < -0.3 is 14.2 Å². The van der Waals surface area contributed by atoms with Crippen LogP contribution in [-0.2, 0) is 7.05 Å². The van der Waals surface area contributed by atoms with E-state index in [2.05, 4.69) is 15.2 Å². The van der Waals surface area contributed by atoms with Crippen molar-refractivity contribution >= 4 is 17.0 Å². The molecule has 3 rings (SSSR count). The lowest BCUT2D eigenvalue weighted by atomic mass is 10.2. The van der Waals surface area contributed by atoms with Gasteiger partial charge in [0, 0.05) is 7.05 Å². The summed E-state index contributed by atoms with van der Waals surface area (Å²) < 4.78 is 3.80. The van der Waals surface area contributed by atoms with Crippen molar-refractivity contribution < 1.29 is 9.90 Å². The SMILES string of the molecule is CC(c1nncn1C)n1cnc2cc(C(=O)O)ccc21. The number of nitrogens with zero attached hydrogens (tertiary/aromatic N) is 5. The molecule has 102 valence electrons. The minimum Gasteiger partial charge on any atom is -0.478 e. The molecule has 2 heterocycles. The minimum atomic E-state index is -0.956. The molecule has 0 aliphatic rings. The summed E-state index contributed by atoms with van der Waals surface area (Å²) >= 11 is 0. The van der Waals surface area contributed by atoms with E-state index in [1.807, 2.05) is 23.1 Å². The van der Waals surface area contributed by atoms with E-state index in [1.165, 1.54) is 0 Å².